The molecule has 2 rings (SSSR count). The van der Waals surface area contributed by atoms with Gasteiger partial charge in [0.15, 0.2) is 5.78 Å². The number of ketones is 1. The Labute approximate surface area is 121 Å². The van der Waals surface area contributed by atoms with Crippen molar-refractivity contribution in [2.24, 2.45) is 0 Å². The van der Waals surface area contributed by atoms with Crippen LogP contribution in [0, 0.1) is 0 Å². The molecule has 116 valence electrons. The molecule has 7 heteroatoms. The van der Waals surface area contributed by atoms with E-state index >= 15 is 0 Å². The van der Waals surface area contributed by atoms with Gasteiger partial charge in [-0.2, -0.15) is 0 Å². The lowest BCUT2D eigenvalue weighted by atomic mass is 9.99. The van der Waals surface area contributed by atoms with Gasteiger partial charge in [0.2, 0.25) is 6.29 Å². The molecule has 0 spiro atoms. The summed E-state index contributed by atoms with van der Waals surface area (Å²) in [6.45, 7) is 0.828. The standard InChI is InChI=1S/C14H18O7/c1-7(16)8-4-2-3-5-9(8)20-14-13(19)12(18)11(17)10(6-15)21-14/h2-5,10-15,17-19H,6H2,1H3. The van der Waals surface area contributed by atoms with Crippen LogP contribution in [0.15, 0.2) is 24.3 Å². The molecule has 1 aromatic carbocycles. The van der Waals surface area contributed by atoms with Gasteiger partial charge in [0, 0.05) is 0 Å². The van der Waals surface area contributed by atoms with Crippen molar-refractivity contribution in [3.63, 3.8) is 0 Å². The Balaban J connectivity index is 2.20. The first-order chi connectivity index (χ1) is 9.95. The van der Waals surface area contributed by atoms with Crippen molar-refractivity contribution in [2.75, 3.05) is 6.61 Å². The number of para-hydroxylation sites is 1. The summed E-state index contributed by atoms with van der Waals surface area (Å²) < 4.78 is 10.7. The highest BCUT2D eigenvalue weighted by Crippen LogP contribution is 2.26. The summed E-state index contributed by atoms with van der Waals surface area (Å²) >= 11 is 0. The number of benzene rings is 1. The molecule has 0 saturated carbocycles. The zero-order valence-electron chi connectivity index (χ0n) is 11.4. The van der Waals surface area contributed by atoms with Crippen LogP contribution in [0.1, 0.15) is 17.3 Å². The fraction of sp³-hybridized carbons (Fsp3) is 0.500. The van der Waals surface area contributed by atoms with E-state index in [0.29, 0.717) is 5.56 Å². The molecule has 7 nitrogen and oxygen atoms in total. The van der Waals surface area contributed by atoms with Crippen LogP contribution in [0.25, 0.3) is 0 Å². The summed E-state index contributed by atoms with van der Waals surface area (Å²) in [6, 6.07) is 6.39. The van der Waals surface area contributed by atoms with Crippen LogP contribution in [-0.4, -0.2) is 63.5 Å². The number of ether oxygens (including phenoxy) is 2. The third-order valence-corrected chi connectivity index (χ3v) is 3.36. The van der Waals surface area contributed by atoms with E-state index in [0.717, 1.165) is 0 Å². The SMILES string of the molecule is CC(=O)c1ccccc1OC1OC(CO)C(O)C(O)C1O. The fourth-order valence-electron chi connectivity index (χ4n) is 2.15. The van der Waals surface area contributed by atoms with Gasteiger partial charge in [-0.1, -0.05) is 12.1 Å². The number of hydrogen-bond donors (Lipinski definition) is 4. The molecule has 1 aliphatic heterocycles. The van der Waals surface area contributed by atoms with Gasteiger partial charge in [0.25, 0.3) is 0 Å². The van der Waals surface area contributed by atoms with Gasteiger partial charge < -0.3 is 29.9 Å². The molecule has 5 unspecified atom stereocenters. The molecule has 0 radical (unpaired) electrons. The summed E-state index contributed by atoms with van der Waals surface area (Å²) in [5.41, 5.74) is 0.300. The number of aliphatic hydroxyl groups is 4. The van der Waals surface area contributed by atoms with Crippen LogP contribution in [0.5, 0.6) is 5.75 Å². The quantitative estimate of drug-likeness (QED) is 0.530. The Bertz CT molecular complexity index is 502. The average molecular weight is 298 g/mol. The summed E-state index contributed by atoms with van der Waals surface area (Å²) in [5, 5.41) is 38.4. The van der Waals surface area contributed by atoms with E-state index in [9.17, 15) is 20.1 Å². The normalized spacial score (nSPS) is 32.7. The van der Waals surface area contributed by atoms with Crippen LogP contribution in [0.3, 0.4) is 0 Å². The minimum atomic E-state index is -1.52. The van der Waals surface area contributed by atoms with Crippen LogP contribution in [-0.2, 0) is 4.74 Å². The van der Waals surface area contributed by atoms with Gasteiger partial charge in [0.05, 0.1) is 12.2 Å². The fourth-order valence-corrected chi connectivity index (χ4v) is 2.15. The molecule has 0 amide bonds. The van der Waals surface area contributed by atoms with Crippen molar-refractivity contribution in [3.05, 3.63) is 29.8 Å². The smallest absolute Gasteiger partial charge is 0.229 e. The molecule has 0 bridgehead atoms. The Kier molecular flexibility index (Phi) is 4.92. The van der Waals surface area contributed by atoms with Crippen LogP contribution < -0.4 is 4.74 Å². The van der Waals surface area contributed by atoms with Gasteiger partial charge in [-0.3, -0.25) is 4.79 Å². The van der Waals surface area contributed by atoms with E-state index in [-0.39, 0.29) is 11.5 Å². The van der Waals surface area contributed by atoms with E-state index in [1.165, 1.54) is 13.0 Å². The first-order valence-electron chi connectivity index (χ1n) is 6.53. The lowest BCUT2D eigenvalue weighted by molar-refractivity contribution is -0.277. The second-order valence-electron chi connectivity index (χ2n) is 4.87. The van der Waals surface area contributed by atoms with E-state index in [1.54, 1.807) is 18.2 Å². The van der Waals surface area contributed by atoms with Gasteiger partial charge in [-0.25, -0.2) is 0 Å². The van der Waals surface area contributed by atoms with Crippen molar-refractivity contribution < 1.29 is 34.7 Å². The Morgan fingerprint density at radius 3 is 2.48 bits per heavy atom. The largest absolute Gasteiger partial charge is 0.461 e. The predicted octanol–water partition coefficient (Wildman–Crippen LogP) is -0.932. The van der Waals surface area contributed by atoms with E-state index in [4.69, 9.17) is 14.6 Å². The summed E-state index contributed by atoms with van der Waals surface area (Å²) in [4.78, 5) is 11.5. The monoisotopic (exact) mass is 298 g/mol. The molecule has 1 aliphatic rings. The lowest BCUT2D eigenvalue weighted by Crippen LogP contribution is -2.60. The molecule has 0 aliphatic carbocycles. The maximum atomic E-state index is 11.5. The molecule has 21 heavy (non-hydrogen) atoms. The van der Waals surface area contributed by atoms with Crippen molar-refractivity contribution in [1.29, 1.82) is 0 Å². The van der Waals surface area contributed by atoms with Crippen molar-refractivity contribution in [3.8, 4) is 5.75 Å². The molecule has 0 aromatic heterocycles. The second-order valence-corrected chi connectivity index (χ2v) is 4.87. The average Bonchev–Trinajstić information content (AvgIpc) is 2.48. The minimum Gasteiger partial charge on any atom is -0.461 e. The van der Waals surface area contributed by atoms with Gasteiger partial charge in [-0.15, -0.1) is 0 Å². The number of carbonyl (C=O) groups is 1. The number of aliphatic hydroxyl groups excluding tert-OH is 4. The molecule has 4 N–H and O–H groups in total. The molecule has 1 heterocycles. The summed E-state index contributed by atoms with van der Waals surface area (Å²) in [5.74, 6) is -0.0375. The van der Waals surface area contributed by atoms with E-state index in [2.05, 4.69) is 0 Å². The van der Waals surface area contributed by atoms with E-state index in [1.807, 2.05) is 0 Å². The second kappa shape index (κ2) is 6.50. The van der Waals surface area contributed by atoms with Gasteiger partial charge in [-0.05, 0) is 19.1 Å². The third-order valence-electron chi connectivity index (χ3n) is 3.36. The zero-order chi connectivity index (χ0) is 15.6. The maximum Gasteiger partial charge on any atom is 0.229 e. The molecule has 1 saturated heterocycles. The van der Waals surface area contributed by atoms with Gasteiger partial charge >= 0.3 is 0 Å². The molecule has 5 atom stereocenters. The number of carbonyl (C=O) groups excluding carboxylic acids is 1. The van der Waals surface area contributed by atoms with Crippen molar-refractivity contribution in [2.45, 2.75) is 37.6 Å². The number of hydrogen-bond acceptors (Lipinski definition) is 7. The van der Waals surface area contributed by atoms with Crippen molar-refractivity contribution >= 4 is 5.78 Å². The molecular formula is C14H18O7. The summed E-state index contributed by atoms with van der Waals surface area (Å²) in [6.07, 6.45) is -6.85. The third kappa shape index (κ3) is 3.22. The highest BCUT2D eigenvalue weighted by molar-refractivity contribution is 5.96. The van der Waals surface area contributed by atoms with Crippen LogP contribution >= 0.6 is 0 Å². The minimum absolute atomic E-state index is 0.189. The van der Waals surface area contributed by atoms with Crippen LogP contribution in [0.2, 0.25) is 0 Å². The molecule has 1 aromatic rings. The van der Waals surface area contributed by atoms with Crippen LogP contribution in [0.4, 0.5) is 0 Å². The van der Waals surface area contributed by atoms with E-state index < -0.39 is 37.3 Å². The number of Topliss-reactive ketones (excluding diaryl/α,β-unsaturated/α-hetero) is 1. The zero-order valence-corrected chi connectivity index (χ0v) is 11.4. The van der Waals surface area contributed by atoms with Crippen molar-refractivity contribution in [1.82, 2.24) is 0 Å². The molecule has 1 fully saturated rings. The van der Waals surface area contributed by atoms with Gasteiger partial charge in [0.1, 0.15) is 30.2 Å². The first-order valence-corrected chi connectivity index (χ1v) is 6.53. The number of rotatable bonds is 4. The summed E-state index contributed by atoms with van der Waals surface area (Å²) in [7, 11) is 0. The first kappa shape index (κ1) is 15.9. The maximum absolute atomic E-state index is 11.5. The Hall–Kier alpha value is -1.51. The highest BCUT2D eigenvalue weighted by atomic mass is 16.7. The highest BCUT2D eigenvalue weighted by Gasteiger charge is 2.44. The Morgan fingerprint density at radius 1 is 1.19 bits per heavy atom. The molecular weight excluding hydrogens is 280 g/mol. The Morgan fingerprint density at radius 2 is 1.86 bits per heavy atom. The predicted molar refractivity (Wildman–Crippen MR) is 70.8 cm³/mol. The topological polar surface area (TPSA) is 116 Å². The lowest BCUT2D eigenvalue weighted by Gasteiger charge is -2.39.